The van der Waals surface area contributed by atoms with E-state index >= 15 is 0 Å². The number of ether oxygens (including phenoxy) is 1. The Morgan fingerprint density at radius 2 is 1.63 bits per heavy atom. The van der Waals surface area contributed by atoms with Crippen molar-refractivity contribution in [1.29, 1.82) is 0 Å². The Balaban J connectivity index is 1.52. The second-order valence-corrected chi connectivity index (χ2v) is 7.53. The van der Waals surface area contributed by atoms with Crippen LogP contribution in [-0.2, 0) is 20.7 Å². The van der Waals surface area contributed by atoms with E-state index in [0.29, 0.717) is 16.2 Å². The largest absolute Gasteiger partial charge is 0.618 e. The molecule has 0 radical (unpaired) electrons. The second-order valence-electron chi connectivity index (χ2n) is 6.53. The fraction of sp³-hybridized carbons (Fsp3) is 0.174. The van der Waals surface area contributed by atoms with Gasteiger partial charge in [0.25, 0.3) is 10.9 Å². The lowest BCUT2D eigenvalue weighted by atomic mass is 9.99. The Morgan fingerprint density at radius 1 is 0.967 bits per heavy atom. The van der Waals surface area contributed by atoms with Gasteiger partial charge in [0.05, 0.1) is 6.04 Å². The zero-order chi connectivity index (χ0) is 21.2. The summed E-state index contributed by atoms with van der Waals surface area (Å²) in [7, 11) is 0. The normalized spacial score (nSPS) is 11.5. The van der Waals surface area contributed by atoms with Crippen molar-refractivity contribution in [3.63, 3.8) is 0 Å². The van der Waals surface area contributed by atoms with Crippen molar-refractivity contribution in [2.75, 3.05) is 12.4 Å². The monoisotopic (exact) mass is 422 g/mol. The number of nitrogens with one attached hydrogen (secondary N) is 1. The zero-order valence-electron chi connectivity index (χ0n) is 16.3. The molecule has 3 rings (SSSR count). The third-order valence-electron chi connectivity index (χ3n) is 4.31. The summed E-state index contributed by atoms with van der Waals surface area (Å²) in [5.41, 5.74) is 2.06. The Morgan fingerprint density at radius 3 is 2.33 bits per heavy atom. The summed E-state index contributed by atoms with van der Waals surface area (Å²) in [5, 5.41) is 14.9. The third-order valence-corrected chi connectivity index (χ3v) is 5.30. The van der Waals surface area contributed by atoms with Gasteiger partial charge in [-0.25, -0.2) is 0 Å². The van der Waals surface area contributed by atoms with Crippen molar-refractivity contribution < 1.29 is 19.1 Å². The molecule has 30 heavy (non-hydrogen) atoms. The van der Waals surface area contributed by atoms with Crippen molar-refractivity contribution in [1.82, 2.24) is 5.32 Å². The van der Waals surface area contributed by atoms with Crippen molar-refractivity contribution in [2.45, 2.75) is 17.5 Å². The van der Waals surface area contributed by atoms with Crippen LogP contribution in [0.2, 0.25) is 0 Å². The number of pyridine rings is 1. The molecule has 1 N–H and O–H groups in total. The molecule has 1 unspecified atom stereocenters. The lowest BCUT2D eigenvalue weighted by Crippen LogP contribution is -2.34. The average Bonchev–Trinajstić information content (AvgIpc) is 2.78. The zero-order valence-corrected chi connectivity index (χ0v) is 17.1. The molecule has 3 aromatic rings. The first-order valence-electron chi connectivity index (χ1n) is 9.46. The fourth-order valence-corrected chi connectivity index (χ4v) is 3.58. The topological polar surface area (TPSA) is 82.3 Å². The van der Waals surface area contributed by atoms with Gasteiger partial charge in [-0.15, -0.1) is 0 Å². The molecule has 7 heteroatoms. The number of carbonyl (C=O) groups is 2. The summed E-state index contributed by atoms with van der Waals surface area (Å²) in [5.74, 6) is -0.985. The van der Waals surface area contributed by atoms with Crippen LogP contribution in [0.15, 0.2) is 90.1 Å². The molecule has 1 amide bonds. The molecule has 1 heterocycles. The quantitative estimate of drug-likeness (QED) is 0.248. The average molecular weight is 423 g/mol. The Labute approximate surface area is 179 Å². The van der Waals surface area contributed by atoms with Crippen LogP contribution >= 0.6 is 11.8 Å². The van der Waals surface area contributed by atoms with E-state index < -0.39 is 5.97 Å². The molecule has 1 aromatic heterocycles. The minimum atomic E-state index is -0.557. The lowest BCUT2D eigenvalue weighted by molar-refractivity contribution is -0.645. The molecule has 1 atom stereocenters. The summed E-state index contributed by atoms with van der Waals surface area (Å²) >= 11 is 1.06. The minimum Gasteiger partial charge on any atom is -0.618 e. The standard InChI is InChI=1S/C23H22N2O4S/c26-21(16-29-23(27)17-30-22-13-7-8-14-25(22)28)24-20(19-11-5-2-6-12-19)15-18-9-3-1-4-10-18/h1-14,20H,15-17H2,(H,24,26). The molecular weight excluding hydrogens is 400 g/mol. The van der Waals surface area contributed by atoms with E-state index in [1.54, 1.807) is 18.2 Å². The molecular formula is C23H22N2O4S. The number of hydrogen-bond donors (Lipinski definition) is 1. The van der Waals surface area contributed by atoms with Crippen molar-refractivity contribution in [2.24, 2.45) is 0 Å². The molecule has 6 nitrogen and oxygen atoms in total. The molecule has 0 aliphatic carbocycles. The molecule has 0 aliphatic heterocycles. The Kier molecular flexibility index (Phi) is 7.86. The number of rotatable bonds is 9. The van der Waals surface area contributed by atoms with Gasteiger partial charge in [-0.2, -0.15) is 4.73 Å². The van der Waals surface area contributed by atoms with Gasteiger partial charge in [-0.3, -0.25) is 9.59 Å². The summed E-state index contributed by atoms with van der Waals surface area (Å²) < 4.78 is 5.75. The fourth-order valence-electron chi connectivity index (χ4n) is 2.87. The first-order valence-corrected chi connectivity index (χ1v) is 10.5. The Bertz CT molecular complexity index is 967. The molecule has 154 valence electrons. The highest BCUT2D eigenvalue weighted by molar-refractivity contribution is 7.99. The van der Waals surface area contributed by atoms with Gasteiger partial charge in [0.15, 0.2) is 12.8 Å². The van der Waals surface area contributed by atoms with Gasteiger partial charge in [-0.05, 0) is 35.4 Å². The summed E-state index contributed by atoms with van der Waals surface area (Å²) in [6.07, 6.45) is 1.98. The number of esters is 1. The van der Waals surface area contributed by atoms with Crippen LogP contribution < -0.4 is 10.0 Å². The van der Waals surface area contributed by atoms with E-state index in [1.807, 2.05) is 60.7 Å². The molecule has 0 saturated carbocycles. The summed E-state index contributed by atoms with van der Waals surface area (Å²) in [4.78, 5) is 24.3. The maximum Gasteiger partial charge on any atom is 0.317 e. The molecule has 0 aliphatic rings. The lowest BCUT2D eigenvalue weighted by Gasteiger charge is -2.19. The predicted octanol–water partition coefficient (Wildman–Crippen LogP) is 3.06. The van der Waals surface area contributed by atoms with Crippen LogP contribution in [0.25, 0.3) is 0 Å². The van der Waals surface area contributed by atoms with E-state index in [-0.39, 0.29) is 24.3 Å². The number of benzene rings is 2. The highest BCUT2D eigenvalue weighted by atomic mass is 32.2. The predicted molar refractivity (Wildman–Crippen MR) is 115 cm³/mol. The van der Waals surface area contributed by atoms with Crippen LogP contribution in [0, 0.1) is 5.21 Å². The number of hydrogen-bond acceptors (Lipinski definition) is 5. The molecule has 2 aromatic carbocycles. The summed E-state index contributed by atoms with van der Waals surface area (Å²) in [6.45, 7) is -0.371. The van der Waals surface area contributed by atoms with Gasteiger partial charge in [0.2, 0.25) is 0 Å². The summed E-state index contributed by atoms with van der Waals surface area (Å²) in [6, 6.07) is 24.2. The minimum absolute atomic E-state index is 0.0499. The van der Waals surface area contributed by atoms with Crippen molar-refractivity contribution in [3.8, 4) is 0 Å². The molecule has 0 fully saturated rings. The van der Waals surface area contributed by atoms with Crippen LogP contribution in [0.4, 0.5) is 0 Å². The first-order chi connectivity index (χ1) is 14.6. The van der Waals surface area contributed by atoms with E-state index in [2.05, 4.69) is 5.32 Å². The molecule has 0 saturated heterocycles. The highest BCUT2D eigenvalue weighted by Crippen LogP contribution is 2.18. The van der Waals surface area contributed by atoms with Crippen molar-refractivity contribution in [3.05, 3.63) is 101 Å². The van der Waals surface area contributed by atoms with Gasteiger partial charge < -0.3 is 15.3 Å². The van der Waals surface area contributed by atoms with E-state index in [1.165, 1.54) is 6.20 Å². The highest BCUT2D eigenvalue weighted by Gasteiger charge is 2.17. The SMILES string of the molecule is O=C(COC(=O)CSc1cccc[n+]1[O-])NC(Cc1ccccc1)c1ccccc1. The first kappa shape index (κ1) is 21.4. The van der Waals surface area contributed by atoms with Crippen molar-refractivity contribution >= 4 is 23.6 Å². The van der Waals surface area contributed by atoms with Crippen LogP contribution in [0.5, 0.6) is 0 Å². The Hall–Kier alpha value is -3.32. The number of amides is 1. The van der Waals surface area contributed by atoms with Crippen LogP contribution in [-0.4, -0.2) is 24.2 Å². The number of carbonyl (C=O) groups excluding carboxylic acids is 2. The van der Waals surface area contributed by atoms with E-state index in [9.17, 15) is 14.8 Å². The molecule has 0 bridgehead atoms. The number of thioether (sulfide) groups is 1. The number of aromatic nitrogens is 1. The molecule has 0 spiro atoms. The van der Waals surface area contributed by atoms with Gasteiger partial charge in [-0.1, -0.05) is 60.7 Å². The smallest absolute Gasteiger partial charge is 0.317 e. The van der Waals surface area contributed by atoms with Crippen LogP contribution in [0.1, 0.15) is 17.2 Å². The van der Waals surface area contributed by atoms with E-state index in [4.69, 9.17) is 4.74 Å². The van der Waals surface area contributed by atoms with E-state index in [0.717, 1.165) is 22.9 Å². The van der Waals surface area contributed by atoms with Gasteiger partial charge in [0, 0.05) is 12.1 Å². The third kappa shape index (κ3) is 6.63. The van der Waals surface area contributed by atoms with Gasteiger partial charge in [0.1, 0.15) is 5.75 Å². The maximum absolute atomic E-state index is 12.4. The maximum atomic E-state index is 12.4. The second kappa shape index (κ2) is 11.0. The van der Waals surface area contributed by atoms with Gasteiger partial charge >= 0.3 is 5.97 Å². The number of nitrogens with zero attached hydrogens (tertiary/aromatic N) is 1. The van der Waals surface area contributed by atoms with Crippen LogP contribution in [0.3, 0.4) is 0 Å².